The molecule has 0 unspecified atom stereocenters. The van der Waals surface area contributed by atoms with Gasteiger partial charge in [0.05, 0.1) is 12.5 Å². The second-order valence-corrected chi connectivity index (χ2v) is 8.43. The lowest BCUT2D eigenvalue weighted by molar-refractivity contribution is -0.147. The molecule has 164 valence electrons. The average Bonchev–Trinajstić information content (AvgIpc) is 2.70. The van der Waals surface area contributed by atoms with Gasteiger partial charge in [0.25, 0.3) is 0 Å². The number of hydrogen-bond donors (Lipinski definition) is 1. The van der Waals surface area contributed by atoms with Crippen LogP contribution in [0.3, 0.4) is 0 Å². The van der Waals surface area contributed by atoms with Gasteiger partial charge in [-0.05, 0) is 73.6 Å². The lowest BCUT2D eigenvalue weighted by Crippen LogP contribution is -2.50. The first-order chi connectivity index (χ1) is 14.9. The van der Waals surface area contributed by atoms with Gasteiger partial charge in [-0.15, -0.1) is 0 Å². The Morgan fingerprint density at radius 3 is 2.61 bits per heavy atom. The Balaban J connectivity index is 1.32. The maximum Gasteiger partial charge on any atom is 0.309 e. The number of hydrogen-bond acceptors (Lipinski definition) is 3. The molecular weight excluding hydrogens is 400 g/mol. The van der Waals surface area contributed by atoms with Crippen molar-refractivity contribution in [2.45, 2.75) is 32.6 Å². The fourth-order valence-electron chi connectivity index (χ4n) is 4.43. The van der Waals surface area contributed by atoms with E-state index < -0.39 is 17.6 Å². The molecule has 0 radical (unpaired) electrons. The standard InChI is InChI=1S/C25H27F2NO3/c1-16-18(13-28-14-19(15-28)25(29)30)8-7-17-12-20(9-10-21(16)17)31-11-3-4-22-23(26)5-2-6-24(22)27/h2,5-6,9-10,12,19H,3-4,7-8,11,13-15H2,1H3,(H,29,30). The van der Waals surface area contributed by atoms with Gasteiger partial charge in [0, 0.05) is 25.2 Å². The number of aliphatic carboxylic acids is 1. The molecule has 0 bridgehead atoms. The summed E-state index contributed by atoms with van der Waals surface area (Å²) < 4.78 is 33.2. The molecule has 1 N–H and O–H groups in total. The normalized spacial score (nSPS) is 16.7. The molecule has 2 aromatic rings. The second-order valence-electron chi connectivity index (χ2n) is 8.43. The van der Waals surface area contributed by atoms with Gasteiger partial charge in [0.15, 0.2) is 0 Å². The van der Waals surface area contributed by atoms with Crippen molar-refractivity contribution in [1.82, 2.24) is 4.90 Å². The van der Waals surface area contributed by atoms with Crippen molar-refractivity contribution < 1.29 is 23.4 Å². The summed E-state index contributed by atoms with van der Waals surface area (Å²) in [5.74, 6) is -1.18. The minimum absolute atomic E-state index is 0.113. The van der Waals surface area contributed by atoms with Crippen LogP contribution in [0.15, 0.2) is 42.0 Å². The lowest BCUT2D eigenvalue weighted by Gasteiger charge is -2.38. The highest BCUT2D eigenvalue weighted by molar-refractivity contribution is 5.73. The average molecular weight is 427 g/mol. The molecule has 4 nitrogen and oxygen atoms in total. The molecule has 0 spiro atoms. The SMILES string of the molecule is CC1=C(CN2CC(C(=O)O)C2)CCc2cc(OCCCc3c(F)cccc3F)ccc21. The van der Waals surface area contributed by atoms with Crippen molar-refractivity contribution in [2.75, 3.05) is 26.2 Å². The summed E-state index contributed by atoms with van der Waals surface area (Å²) in [6, 6.07) is 10.0. The zero-order chi connectivity index (χ0) is 22.0. The molecule has 0 aromatic heterocycles. The highest BCUT2D eigenvalue weighted by Crippen LogP contribution is 2.34. The number of halogens is 2. The predicted molar refractivity (Wildman–Crippen MR) is 115 cm³/mol. The van der Waals surface area contributed by atoms with Crippen molar-refractivity contribution in [3.63, 3.8) is 0 Å². The van der Waals surface area contributed by atoms with Crippen LogP contribution in [0.4, 0.5) is 8.78 Å². The van der Waals surface area contributed by atoms with E-state index in [1.54, 1.807) is 0 Å². The Morgan fingerprint density at radius 1 is 1.16 bits per heavy atom. The molecule has 1 saturated heterocycles. The molecule has 1 heterocycles. The third-order valence-electron chi connectivity index (χ3n) is 6.33. The Kier molecular flexibility index (Phi) is 6.37. The molecule has 4 rings (SSSR count). The summed E-state index contributed by atoms with van der Waals surface area (Å²) in [4.78, 5) is 13.2. The summed E-state index contributed by atoms with van der Waals surface area (Å²) >= 11 is 0. The summed E-state index contributed by atoms with van der Waals surface area (Å²) in [5, 5.41) is 9.04. The van der Waals surface area contributed by atoms with Gasteiger partial charge in [0.2, 0.25) is 0 Å². The Labute approximate surface area is 181 Å². The molecule has 1 fully saturated rings. The number of carbonyl (C=O) groups is 1. The van der Waals surface area contributed by atoms with E-state index in [9.17, 15) is 13.6 Å². The second kappa shape index (κ2) is 9.18. The van der Waals surface area contributed by atoms with Crippen LogP contribution in [0.5, 0.6) is 5.75 Å². The minimum atomic E-state index is -0.706. The summed E-state index contributed by atoms with van der Waals surface area (Å²) in [6.45, 7) is 4.61. The third-order valence-corrected chi connectivity index (χ3v) is 6.33. The van der Waals surface area contributed by atoms with Crippen LogP contribution in [-0.4, -0.2) is 42.2 Å². The van der Waals surface area contributed by atoms with Crippen molar-refractivity contribution in [3.8, 4) is 5.75 Å². The first kappa shape index (κ1) is 21.5. The zero-order valence-corrected chi connectivity index (χ0v) is 17.7. The molecule has 0 atom stereocenters. The fraction of sp³-hybridized carbons (Fsp3) is 0.400. The molecule has 6 heteroatoms. The number of rotatable bonds is 8. The lowest BCUT2D eigenvalue weighted by atomic mass is 9.85. The molecule has 1 aliphatic heterocycles. The van der Waals surface area contributed by atoms with Gasteiger partial charge in [-0.25, -0.2) is 8.78 Å². The number of nitrogens with zero attached hydrogens (tertiary/aromatic N) is 1. The first-order valence-corrected chi connectivity index (χ1v) is 10.7. The molecular formula is C25H27F2NO3. The van der Waals surface area contributed by atoms with Gasteiger partial charge < -0.3 is 9.84 Å². The van der Waals surface area contributed by atoms with E-state index in [4.69, 9.17) is 9.84 Å². The van der Waals surface area contributed by atoms with E-state index in [-0.39, 0.29) is 11.5 Å². The smallest absolute Gasteiger partial charge is 0.309 e. The number of ether oxygens (including phenoxy) is 1. The van der Waals surface area contributed by atoms with Crippen LogP contribution in [0.25, 0.3) is 5.57 Å². The number of likely N-dealkylation sites (tertiary alicyclic amines) is 1. The third kappa shape index (κ3) is 4.79. The number of carboxylic acids is 1. The summed E-state index contributed by atoms with van der Waals surface area (Å²) in [6.07, 6.45) is 2.72. The van der Waals surface area contributed by atoms with Crippen LogP contribution in [0, 0.1) is 17.6 Å². The quantitative estimate of drug-likeness (QED) is 0.620. The predicted octanol–water partition coefficient (Wildman–Crippen LogP) is 4.71. The summed E-state index contributed by atoms with van der Waals surface area (Å²) in [5.41, 5.74) is 5.21. The van der Waals surface area contributed by atoms with Crippen molar-refractivity contribution in [1.29, 1.82) is 0 Å². The topological polar surface area (TPSA) is 49.8 Å². The Hall–Kier alpha value is -2.73. The minimum Gasteiger partial charge on any atom is -0.494 e. The van der Waals surface area contributed by atoms with E-state index in [1.807, 2.05) is 6.07 Å². The van der Waals surface area contributed by atoms with Gasteiger partial charge in [-0.1, -0.05) is 17.7 Å². The van der Waals surface area contributed by atoms with Gasteiger partial charge in [-0.3, -0.25) is 9.69 Å². The maximum atomic E-state index is 13.7. The number of benzene rings is 2. The van der Waals surface area contributed by atoms with E-state index in [1.165, 1.54) is 40.5 Å². The van der Waals surface area contributed by atoms with E-state index in [0.29, 0.717) is 32.5 Å². The number of aryl methyl sites for hydroxylation is 1. The monoisotopic (exact) mass is 427 g/mol. The van der Waals surface area contributed by atoms with Gasteiger partial charge >= 0.3 is 5.97 Å². The Morgan fingerprint density at radius 2 is 1.90 bits per heavy atom. The van der Waals surface area contributed by atoms with Crippen molar-refractivity contribution >= 4 is 11.5 Å². The van der Waals surface area contributed by atoms with E-state index in [2.05, 4.69) is 24.0 Å². The molecule has 0 saturated carbocycles. The van der Waals surface area contributed by atoms with Crippen LogP contribution in [0.2, 0.25) is 0 Å². The highest BCUT2D eigenvalue weighted by Gasteiger charge is 2.33. The van der Waals surface area contributed by atoms with Crippen LogP contribution < -0.4 is 4.74 Å². The van der Waals surface area contributed by atoms with Gasteiger partial charge in [0.1, 0.15) is 17.4 Å². The van der Waals surface area contributed by atoms with E-state index >= 15 is 0 Å². The largest absolute Gasteiger partial charge is 0.494 e. The fourth-order valence-corrected chi connectivity index (χ4v) is 4.43. The molecule has 31 heavy (non-hydrogen) atoms. The van der Waals surface area contributed by atoms with Gasteiger partial charge in [-0.2, -0.15) is 0 Å². The molecule has 2 aliphatic rings. The maximum absolute atomic E-state index is 13.7. The number of carboxylic acid groups (broad SMARTS) is 1. The number of fused-ring (bicyclic) bond motifs is 1. The van der Waals surface area contributed by atoms with Crippen molar-refractivity contribution in [3.05, 3.63) is 70.3 Å². The van der Waals surface area contributed by atoms with Crippen LogP contribution in [-0.2, 0) is 17.6 Å². The number of allylic oxidation sites excluding steroid dienone is 1. The molecule has 2 aromatic carbocycles. The summed E-state index contributed by atoms with van der Waals surface area (Å²) in [7, 11) is 0. The zero-order valence-electron chi connectivity index (χ0n) is 17.7. The molecule has 1 aliphatic carbocycles. The first-order valence-electron chi connectivity index (χ1n) is 10.7. The molecule has 0 amide bonds. The van der Waals surface area contributed by atoms with Crippen LogP contribution in [0.1, 0.15) is 36.5 Å². The van der Waals surface area contributed by atoms with E-state index in [0.717, 1.165) is 25.1 Å². The van der Waals surface area contributed by atoms with Crippen molar-refractivity contribution in [2.24, 2.45) is 5.92 Å². The highest BCUT2D eigenvalue weighted by atomic mass is 19.1. The Bertz CT molecular complexity index is 992. The van der Waals surface area contributed by atoms with Crippen LogP contribution >= 0.6 is 0 Å².